The summed E-state index contributed by atoms with van der Waals surface area (Å²) in [6.45, 7) is 0.667. The van der Waals surface area contributed by atoms with Gasteiger partial charge in [-0.25, -0.2) is 4.79 Å². The minimum absolute atomic E-state index is 0.229. The van der Waals surface area contributed by atoms with Crippen LogP contribution >= 0.6 is 22.9 Å². The van der Waals surface area contributed by atoms with Gasteiger partial charge in [0.25, 0.3) is 0 Å². The highest BCUT2D eigenvalue weighted by Crippen LogP contribution is 2.31. The molecule has 1 aliphatic heterocycles. The number of carboxylic acid groups (broad SMARTS) is 1. The van der Waals surface area contributed by atoms with Crippen LogP contribution in [-0.4, -0.2) is 44.9 Å². The predicted molar refractivity (Wildman–Crippen MR) is 87.9 cm³/mol. The quantitative estimate of drug-likeness (QED) is 0.887. The van der Waals surface area contributed by atoms with Gasteiger partial charge in [-0.1, -0.05) is 11.6 Å². The number of carboxylic acids is 1. The van der Waals surface area contributed by atoms with E-state index in [0.29, 0.717) is 23.1 Å². The summed E-state index contributed by atoms with van der Waals surface area (Å²) in [6, 6.07) is 5.13. The summed E-state index contributed by atoms with van der Waals surface area (Å²) >= 11 is 7.34. The molecule has 122 valence electrons. The molecule has 3 rings (SSSR count). The number of thiophene rings is 1. The number of likely N-dealkylation sites (tertiary alicyclic amines) is 1. The molecule has 1 aliphatic rings. The SMILES string of the molecule is Cn1nc(-c2ccc(Cl)s2)cc1NC(=O)N1CCC(C(=O)O)C1. The Labute approximate surface area is 141 Å². The molecule has 9 heteroatoms. The Hall–Kier alpha value is -2.06. The number of halogens is 1. The summed E-state index contributed by atoms with van der Waals surface area (Å²) in [5.41, 5.74) is 0.726. The zero-order valence-electron chi connectivity index (χ0n) is 12.3. The van der Waals surface area contributed by atoms with E-state index < -0.39 is 11.9 Å². The molecular formula is C14H15ClN4O3S. The highest BCUT2D eigenvalue weighted by molar-refractivity contribution is 7.19. The average Bonchev–Trinajstić information content (AvgIpc) is 3.19. The van der Waals surface area contributed by atoms with Gasteiger partial charge < -0.3 is 10.0 Å². The van der Waals surface area contributed by atoms with Gasteiger partial charge in [-0.3, -0.25) is 14.8 Å². The van der Waals surface area contributed by atoms with Crippen LogP contribution in [0.2, 0.25) is 4.34 Å². The predicted octanol–water partition coefficient (Wildman–Crippen LogP) is 2.74. The number of amides is 2. The molecule has 0 bridgehead atoms. The van der Waals surface area contributed by atoms with Crippen LogP contribution in [0.1, 0.15) is 6.42 Å². The van der Waals surface area contributed by atoms with Crippen LogP contribution < -0.4 is 5.32 Å². The number of aryl methyl sites for hydroxylation is 1. The monoisotopic (exact) mass is 354 g/mol. The van der Waals surface area contributed by atoms with E-state index in [1.807, 2.05) is 6.07 Å². The second kappa shape index (κ2) is 6.21. The zero-order valence-corrected chi connectivity index (χ0v) is 13.9. The van der Waals surface area contributed by atoms with Crippen molar-refractivity contribution in [1.82, 2.24) is 14.7 Å². The summed E-state index contributed by atoms with van der Waals surface area (Å²) in [5, 5.41) is 16.1. The second-order valence-corrected chi connectivity index (χ2v) is 7.06. The highest BCUT2D eigenvalue weighted by atomic mass is 35.5. The summed E-state index contributed by atoms with van der Waals surface area (Å²) < 4.78 is 2.25. The van der Waals surface area contributed by atoms with Crippen molar-refractivity contribution < 1.29 is 14.7 Å². The molecule has 0 aromatic carbocycles. The van der Waals surface area contributed by atoms with Crippen molar-refractivity contribution in [3.05, 3.63) is 22.5 Å². The molecule has 3 heterocycles. The van der Waals surface area contributed by atoms with Crippen LogP contribution in [-0.2, 0) is 11.8 Å². The van der Waals surface area contributed by atoms with Gasteiger partial charge in [-0.05, 0) is 18.6 Å². The lowest BCUT2D eigenvalue weighted by Crippen LogP contribution is -2.34. The van der Waals surface area contributed by atoms with Crippen molar-refractivity contribution >= 4 is 40.8 Å². The van der Waals surface area contributed by atoms with Gasteiger partial charge in [0.2, 0.25) is 0 Å². The molecule has 1 unspecified atom stereocenters. The smallest absolute Gasteiger partial charge is 0.323 e. The highest BCUT2D eigenvalue weighted by Gasteiger charge is 2.31. The minimum atomic E-state index is -0.863. The van der Waals surface area contributed by atoms with E-state index in [4.69, 9.17) is 16.7 Å². The third-order valence-electron chi connectivity index (χ3n) is 3.77. The van der Waals surface area contributed by atoms with Gasteiger partial charge in [-0.15, -0.1) is 11.3 Å². The molecule has 1 saturated heterocycles. The van der Waals surface area contributed by atoms with E-state index in [2.05, 4.69) is 10.4 Å². The lowest BCUT2D eigenvalue weighted by Gasteiger charge is -2.16. The van der Waals surface area contributed by atoms with Gasteiger partial charge in [0.15, 0.2) is 0 Å². The maximum Gasteiger partial charge on any atom is 0.323 e. The molecule has 2 aromatic rings. The van der Waals surface area contributed by atoms with E-state index >= 15 is 0 Å². The van der Waals surface area contributed by atoms with Crippen LogP contribution in [0.4, 0.5) is 10.6 Å². The summed E-state index contributed by atoms with van der Waals surface area (Å²) in [5.74, 6) is -0.804. The third kappa shape index (κ3) is 3.32. The fourth-order valence-corrected chi connectivity index (χ4v) is 3.49. The number of hydrogen-bond donors (Lipinski definition) is 2. The lowest BCUT2D eigenvalue weighted by atomic mass is 10.1. The zero-order chi connectivity index (χ0) is 16.6. The van der Waals surface area contributed by atoms with Gasteiger partial charge in [0.1, 0.15) is 11.5 Å². The molecule has 2 amide bonds. The number of anilines is 1. The van der Waals surface area contributed by atoms with Crippen molar-refractivity contribution in [2.45, 2.75) is 6.42 Å². The van der Waals surface area contributed by atoms with Gasteiger partial charge in [0, 0.05) is 26.2 Å². The van der Waals surface area contributed by atoms with Crippen LogP contribution in [0.15, 0.2) is 18.2 Å². The van der Waals surface area contributed by atoms with E-state index in [0.717, 1.165) is 10.6 Å². The fraction of sp³-hybridized carbons (Fsp3) is 0.357. The van der Waals surface area contributed by atoms with Gasteiger partial charge in [0.05, 0.1) is 15.1 Å². The van der Waals surface area contributed by atoms with Crippen molar-refractivity contribution in [1.29, 1.82) is 0 Å². The first-order chi connectivity index (χ1) is 10.9. The molecule has 7 nitrogen and oxygen atoms in total. The first kappa shape index (κ1) is 15.8. The fourth-order valence-electron chi connectivity index (χ4n) is 2.49. The van der Waals surface area contributed by atoms with E-state index in [9.17, 15) is 9.59 Å². The Morgan fingerprint density at radius 2 is 2.26 bits per heavy atom. The maximum absolute atomic E-state index is 12.2. The Morgan fingerprint density at radius 3 is 2.87 bits per heavy atom. The Morgan fingerprint density at radius 1 is 1.48 bits per heavy atom. The number of rotatable bonds is 3. The summed E-state index contributed by atoms with van der Waals surface area (Å²) in [4.78, 5) is 25.6. The standard InChI is InChI=1S/C14H15ClN4O3S/c1-18-12(6-9(17-18)10-2-3-11(15)23-10)16-14(22)19-5-4-8(7-19)13(20)21/h2-3,6,8H,4-5,7H2,1H3,(H,16,22)(H,20,21). The molecule has 1 atom stereocenters. The normalized spacial score (nSPS) is 17.5. The molecular weight excluding hydrogens is 340 g/mol. The average molecular weight is 355 g/mol. The van der Waals surface area contributed by atoms with Crippen LogP contribution in [0.5, 0.6) is 0 Å². The number of aliphatic carboxylic acids is 1. The van der Waals surface area contributed by atoms with Crippen molar-refractivity contribution in [2.75, 3.05) is 18.4 Å². The Bertz CT molecular complexity index is 757. The molecule has 0 radical (unpaired) electrons. The molecule has 0 spiro atoms. The summed E-state index contributed by atoms with van der Waals surface area (Å²) in [6.07, 6.45) is 0.479. The largest absolute Gasteiger partial charge is 0.481 e. The van der Waals surface area contributed by atoms with Crippen LogP contribution in [0.3, 0.4) is 0 Å². The van der Waals surface area contributed by atoms with Crippen molar-refractivity contribution in [2.24, 2.45) is 13.0 Å². The Kier molecular flexibility index (Phi) is 4.27. The lowest BCUT2D eigenvalue weighted by molar-refractivity contribution is -0.141. The second-order valence-electron chi connectivity index (χ2n) is 5.34. The van der Waals surface area contributed by atoms with Crippen LogP contribution in [0, 0.1) is 5.92 Å². The number of nitrogens with one attached hydrogen (secondary N) is 1. The number of aromatic nitrogens is 2. The van der Waals surface area contributed by atoms with Crippen LogP contribution in [0.25, 0.3) is 10.6 Å². The minimum Gasteiger partial charge on any atom is -0.481 e. The molecule has 0 saturated carbocycles. The van der Waals surface area contributed by atoms with Gasteiger partial charge >= 0.3 is 12.0 Å². The molecule has 2 aromatic heterocycles. The Balaban J connectivity index is 1.70. The van der Waals surface area contributed by atoms with E-state index in [1.54, 1.807) is 23.9 Å². The van der Waals surface area contributed by atoms with Crippen molar-refractivity contribution in [3.63, 3.8) is 0 Å². The third-order valence-corrected chi connectivity index (χ3v) is 5.02. The number of carbonyl (C=O) groups excluding carboxylic acids is 1. The number of hydrogen-bond acceptors (Lipinski definition) is 4. The van der Waals surface area contributed by atoms with Gasteiger partial charge in [-0.2, -0.15) is 5.10 Å². The van der Waals surface area contributed by atoms with Crippen molar-refractivity contribution in [3.8, 4) is 10.6 Å². The van der Waals surface area contributed by atoms with E-state index in [1.165, 1.54) is 16.2 Å². The molecule has 23 heavy (non-hydrogen) atoms. The first-order valence-corrected chi connectivity index (χ1v) is 8.22. The number of nitrogens with zero attached hydrogens (tertiary/aromatic N) is 3. The topological polar surface area (TPSA) is 87.5 Å². The molecule has 1 fully saturated rings. The first-order valence-electron chi connectivity index (χ1n) is 7.02. The molecule has 2 N–H and O–H groups in total. The number of urea groups is 1. The van der Waals surface area contributed by atoms with E-state index in [-0.39, 0.29) is 12.6 Å². The molecule has 0 aliphatic carbocycles. The number of carbonyl (C=O) groups is 2. The maximum atomic E-state index is 12.2. The summed E-state index contributed by atoms with van der Waals surface area (Å²) in [7, 11) is 1.73.